The molecule has 0 amide bonds. The van der Waals surface area contributed by atoms with Gasteiger partial charge in [-0.15, -0.1) is 0 Å². The van der Waals surface area contributed by atoms with Gasteiger partial charge < -0.3 is 18.6 Å². The van der Waals surface area contributed by atoms with Gasteiger partial charge in [0.2, 0.25) is 0 Å². The van der Waals surface area contributed by atoms with E-state index in [2.05, 4.69) is 397 Å². The molecule has 0 spiro atoms. The molecule has 0 N–H and O–H groups in total. The Morgan fingerprint density at radius 3 is 0.806 bits per heavy atom. The third kappa shape index (κ3) is 13.4. The van der Waals surface area contributed by atoms with Crippen molar-refractivity contribution in [3.05, 3.63) is 458 Å². The highest BCUT2D eigenvalue weighted by atomic mass is 16.5. The topological polar surface area (TPSA) is 106 Å². The first-order valence-electron chi connectivity index (χ1n) is 42.2. The predicted molar refractivity (Wildman–Crippen MR) is 502 cm³/mol. The Balaban J connectivity index is 0.000000146. The quantitative estimate of drug-likeness (QED) is 0.106. The van der Waals surface area contributed by atoms with Gasteiger partial charge in [-0.25, -0.2) is 29.9 Å². The Kier molecular flexibility index (Phi) is 18.3. The third-order valence-electron chi connectivity index (χ3n) is 24.5. The molecule has 0 bridgehead atoms. The first-order valence-corrected chi connectivity index (χ1v) is 42.2. The summed E-state index contributed by atoms with van der Waals surface area (Å²) in [4.78, 5) is 30.7. The van der Waals surface area contributed by atoms with Crippen LogP contribution < -0.4 is 9.47 Å². The Morgan fingerprint density at radius 2 is 0.444 bits per heavy atom. The van der Waals surface area contributed by atoms with E-state index in [0.29, 0.717) is 34.9 Å². The van der Waals surface area contributed by atoms with Crippen LogP contribution in [-0.2, 0) is 0 Å². The van der Waals surface area contributed by atoms with Crippen LogP contribution in [0.5, 0.6) is 11.5 Å². The zero-order chi connectivity index (χ0) is 82.0. The van der Waals surface area contributed by atoms with Gasteiger partial charge in [-0.3, -0.25) is 0 Å². The van der Waals surface area contributed by atoms with E-state index in [0.717, 1.165) is 123 Å². The van der Waals surface area contributed by atoms with Crippen molar-refractivity contribution in [2.75, 3.05) is 0 Å². The first kappa shape index (κ1) is 72.9. The summed E-state index contributed by atoms with van der Waals surface area (Å²) in [5.74, 6) is 5.55. The number of nitrogens with zero attached hydrogens (tertiary/aromatic N) is 8. The fourth-order valence-corrected chi connectivity index (χ4v) is 18.4. The highest BCUT2D eigenvalue weighted by Gasteiger charge is 2.42. The van der Waals surface area contributed by atoms with Crippen molar-refractivity contribution in [3.8, 4) is 158 Å². The summed E-state index contributed by atoms with van der Waals surface area (Å²) < 4.78 is 18.6. The van der Waals surface area contributed by atoms with Gasteiger partial charge in [0.05, 0.1) is 22.4 Å². The lowest BCUT2D eigenvalue weighted by Gasteiger charge is -2.22. The van der Waals surface area contributed by atoms with E-state index >= 15 is 0 Å². The Bertz CT molecular complexity index is 7520. The lowest BCUT2D eigenvalue weighted by molar-refractivity contribution is 0.224. The zero-order valence-electron chi connectivity index (χ0n) is 67.3. The molecule has 0 saturated carbocycles. The Hall–Kier alpha value is -16.3. The van der Waals surface area contributed by atoms with Crippen LogP contribution in [0.3, 0.4) is 0 Å². The van der Waals surface area contributed by atoms with Crippen LogP contribution in [0.1, 0.15) is 57.7 Å². The molecule has 4 atom stereocenters. The van der Waals surface area contributed by atoms with E-state index in [1.165, 1.54) is 55.3 Å². The molecule has 4 unspecified atom stereocenters. The van der Waals surface area contributed by atoms with E-state index in [1.54, 1.807) is 0 Å². The summed E-state index contributed by atoms with van der Waals surface area (Å²) in [6.07, 6.45) is 8.83. The molecule has 10 heteroatoms. The summed E-state index contributed by atoms with van der Waals surface area (Å²) in [6.45, 7) is 0. The van der Waals surface area contributed by atoms with Crippen molar-refractivity contribution in [1.29, 1.82) is 0 Å². The van der Waals surface area contributed by atoms with Crippen LogP contribution in [0.2, 0.25) is 0 Å². The lowest BCUT2D eigenvalue weighted by Crippen LogP contribution is -2.13. The molecular weight excluding hydrogens is 1510 g/mol. The van der Waals surface area contributed by atoms with Gasteiger partial charge in [-0.2, -0.15) is 0 Å². The van der Waals surface area contributed by atoms with Crippen LogP contribution in [0.15, 0.2) is 425 Å². The Morgan fingerprint density at radius 1 is 0.202 bits per heavy atom. The highest BCUT2D eigenvalue weighted by Crippen LogP contribution is 2.56. The predicted octanol–water partition coefficient (Wildman–Crippen LogP) is 28.1. The van der Waals surface area contributed by atoms with Crippen LogP contribution in [0.25, 0.3) is 180 Å². The van der Waals surface area contributed by atoms with E-state index in [1.807, 2.05) is 48.5 Å². The van der Waals surface area contributed by atoms with Gasteiger partial charge in [-0.05, 0) is 170 Å². The monoisotopic (exact) mass is 1590 g/mol. The van der Waals surface area contributed by atoms with Crippen molar-refractivity contribution in [1.82, 2.24) is 39.0 Å². The minimum atomic E-state index is -0.195. The molecule has 0 radical (unpaired) electrons. The summed E-state index contributed by atoms with van der Waals surface area (Å²) in [7, 11) is 0. The van der Waals surface area contributed by atoms with Gasteiger partial charge in [0, 0.05) is 89.6 Å². The average molecular weight is 1590 g/mol. The molecule has 6 heterocycles. The van der Waals surface area contributed by atoms with Crippen LogP contribution in [0.4, 0.5) is 0 Å². The number of para-hydroxylation sites is 2. The standard InChI is InChI=1S/C63H42N4O.C51H34N4O/c1-4-14-41(15-5-1)44-26-28-46(29-27-44)61-64-62(50-23-13-22-49(39-50)43-18-8-3-9-19-43)66-63(65-61)51-32-37-58-55(40-51)53-35-36-57-59(60(53)68-58)54-24-10-11-25-56(54)67(57)52-33-30-45(31-34-52)48-21-12-20-47(38-48)42-16-6-2-7-17-42;1-4-13-33(14-5-1)35-23-26-40(27-24-35)55-44-22-11-10-21-42(44)47-45(55)29-28-41-43-32-39(25-30-46(43)56-48(41)47)51-53-49(36-17-8-3-9-18-36)52-50(54-51)38-20-12-19-37(31-38)34-15-6-2-7-16-34/h1-40,53,60H;1-32,41,48H. The molecule has 2 aliphatic carbocycles. The number of hydrogen-bond donors (Lipinski definition) is 0. The number of aromatic nitrogens is 8. The molecular formula is C114H76N8O2. The van der Waals surface area contributed by atoms with Crippen LogP contribution in [0, 0.1) is 0 Å². The van der Waals surface area contributed by atoms with Crippen molar-refractivity contribution in [2.24, 2.45) is 0 Å². The summed E-state index contributed by atoms with van der Waals surface area (Å²) in [5, 5.41) is 2.40. The molecule has 24 rings (SSSR count). The summed E-state index contributed by atoms with van der Waals surface area (Å²) >= 11 is 0. The van der Waals surface area contributed by atoms with Crippen molar-refractivity contribution in [3.63, 3.8) is 0 Å². The number of fused-ring (bicyclic) bond motifs is 14. The van der Waals surface area contributed by atoms with Crippen molar-refractivity contribution < 1.29 is 9.47 Å². The molecule has 0 fully saturated rings. The molecule has 10 nitrogen and oxygen atoms in total. The minimum Gasteiger partial charge on any atom is -0.484 e. The van der Waals surface area contributed by atoms with Gasteiger partial charge in [-0.1, -0.05) is 334 Å². The Labute approximate surface area is 718 Å². The maximum Gasteiger partial charge on any atom is 0.164 e. The molecule has 124 heavy (non-hydrogen) atoms. The van der Waals surface area contributed by atoms with Crippen molar-refractivity contribution in [2.45, 2.75) is 24.0 Å². The van der Waals surface area contributed by atoms with E-state index in [4.69, 9.17) is 39.4 Å². The lowest BCUT2D eigenvalue weighted by atomic mass is 9.85. The minimum absolute atomic E-state index is 0.00448. The van der Waals surface area contributed by atoms with Gasteiger partial charge in [0.25, 0.3) is 0 Å². The van der Waals surface area contributed by atoms with Crippen molar-refractivity contribution >= 4 is 34.0 Å². The molecule has 2 aliphatic heterocycles. The van der Waals surface area contributed by atoms with Crippen LogP contribution >= 0.6 is 0 Å². The number of ether oxygens (including phenoxy) is 2. The van der Waals surface area contributed by atoms with E-state index in [9.17, 15) is 0 Å². The van der Waals surface area contributed by atoms with Crippen LogP contribution in [-0.4, -0.2) is 39.0 Å². The van der Waals surface area contributed by atoms with Gasteiger partial charge >= 0.3 is 0 Å². The second kappa shape index (κ2) is 31.1. The normalized spacial score (nSPS) is 14.8. The number of rotatable bonds is 14. The summed E-state index contributed by atoms with van der Waals surface area (Å²) in [5.41, 5.74) is 31.1. The van der Waals surface area contributed by atoms with E-state index < -0.39 is 0 Å². The SMILES string of the molecule is C1=CC2c3cc(-c4nc(-c5ccc(-c6ccccc6)cc5)nc(-c5cccc(-c6ccccc6)c5)n4)ccc3OC2c2c1n(-c1ccc(-c3cccc(-c4ccccc4)c3)cc1)c1ccccc21.C1=CC2c3cc(-c4nc(-c5ccccc5)nc(-c5cccc(-c6ccccc6)c5)n4)ccc3OC2c2c1n(-c1ccc(-c3ccccc3)cc1)c1ccccc21. The first-order chi connectivity index (χ1) is 61.4. The number of hydrogen-bond acceptors (Lipinski definition) is 8. The maximum atomic E-state index is 6.98. The average Bonchev–Trinajstić information content (AvgIpc) is 1.56. The molecule has 584 valence electrons. The van der Waals surface area contributed by atoms with E-state index in [-0.39, 0.29) is 24.0 Å². The smallest absolute Gasteiger partial charge is 0.164 e. The molecule has 0 saturated heterocycles. The fraction of sp³-hybridized carbons (Fsp3) is 0.0351. The fourth-order valence-electron chi connectivity index (χ4n) is 18.4. The molecule has 4 aromatic heterocycles. The molecule has 16 aromatic carbocycles. The largest absolute Gasteiger partial charge is 0.484 e. The summed E-state index contributed by atoms with van der Waals surface area (Å²) in [6, 6.07) is 145. The van der Waals surface area contributed by atoms with Gasteiger partial charge in [0.1, 0.15) is 23.7 Å². The molecule has 4 aliphatic rings. The molecule has 20 aromatic rings. The number of benzene rings is 16. The van der Waals surface area contributed by atoms with Gasteiger partial charge in [0.15, 0.2) is 34.9 Å². The second-order valence-corrected chi connectivity index (χ2v) is 31.9. The highest BCUT2D eigenvalue weighted by molar-refractivity contribution is 5.94. The zero-order valence-corrected chi connectivity index (χ0v) is 67.3. The second-order valence-electron chi connectivity index (χ2n) is 31.9. The third-order valence-corrected chi connectivity index (χ3v) is 24.5. The maximum absolute atomic E-state index is 6.98.